The van der Waals surface area contributed by atoms with Gasteiger partial charge in [-0.1, -0.05) is 0 Å². The molecule has 24 heavy (non-hydrogen) atoms. The Morgan fingerprint density at radius 1 is 1.58 bits per heavy atom. The quantitative estimate of drug-likeness (QED) is 0.402. The highest BCUT2D eigenvalue weighted by atomic mass is 16.6. The molecule has 0 aliphatic rings. The number of nitrogens with one attached hydrogen (secondary N) is 2. The fraction of sp³-hybridized carbons (Fsp3) is 0.308. The average molecular weight is 335 g/mol. The van der Waals surface area contributed by atoms with Gasteiger partial charge in [0, 0.05) is 0 Å². The smallest absolute Gasteiger partial charge is 0.400 e. The lowest BCUT2D eigenvalue weighted by molar-refractivity contribution is -0.402. The Hall–Kier alpha value is -3.21. The highest BCUT2D eigenvalue weighted by Gasteiger charge is 2.23. The molecule has 1 amide bonds. The summed E-state index contributed by atoms with van der Waals surface area (Å²) in [7, 11) is 3.69. The van der Waals surface area contributed by atoms with E-state index in [0.29, 0.717) is 5.69 Å². The highest BCUT2D eigenvalue weighted by molar-refractivity contribution is 6.00. The maximum absolute atomic E-state index is 12.3. The highest BCUT2D eigenvalue weighted by Crippen LogP contribution is 2.23. The van der Waals surface area contributed by atoms with Gasteiger partial charge in [-0.2, -0.15) is 10.2 Å². The van der Waals surface area contributed by atoms with E-state index in [2.05, 4.69) is 20.7 Å². The van der Waals surface area contributed by atoms with Crippen molar-refractivity contribution in [3.05, 3.63) is 39.3 Å². The van der Waals surface area contributed by atoms with Crippen molar-refractivity contribution < 1.29 is 14.1 Å². The number of carbonyl (C=O) groups excluding carboxylic acids is 1. The van der Waals surface area contributed by atoms with Crippen LogP contribution in [0.3, 0.4) is 0 Å². The molecule has 0 saturated carbocycles. The number of H-pyrrole nitrogens is 1. The van der Waals surface area contributed by atoms with Gasteiger partial charge in [0.05, 0.1) is 24.0 Å². The topological polar surface area (TPSA) is 156 Å². The minimum atomic E-state index is -0.670. The zero-order chi connectivity index (χ0) is 17.9. The number of hydrogen-bond acceptors (Lipinski definition) is 8. The molecule has 0 spiro atoms. The summed E-state index contributed by atoms with van der Waals surface area (Å²) in [6.07, 6.45) is 1.15. The van der Waals surface area contributed by atoms with Gasteiger partial charge < -0.3 is 15.1 Å². The monoisotopic (exact) mass is 335 g/mol. The Labute approximate surface area is 136 Å². The Morgan fingerprint density at radius 3 is 2.88 bits per heavy atom. The number of nitrogens with two attached hydrogens (primary N) is 1. The third kappa shape index (κ3) is 3.57. The van der Waals surface area contributed by atoms with Crippen molar-refractivity contribution in [1.29, 1.82) is 0 Å². The standard InChI is InChI=1S/C13H17N7O4/c1-7(19(2)3)11-10(12(14)17-16-11)13(21)18-15-6-8-4-5-9(24-8)20(22)23/h4-7H,1-3H3,(H,18,21)(H3,14,16,17). The van der Waals surface area contributed by atoms with Crippen LogP contribution in [0.25, 0.3) is 0 Å². The number of aromatic nitrogens is 2. The molecule has 0 aromatic carbocycles. The summed E-state index contributed by atoms with van der Waals surface area (Å²) in [5.41, 5.74) is 8.72. The molecule has 0 radical (unpaired) electrons. The predicted octanol–water partition coefficient (Wildman–Crippen LogP) is 0.880. The first kappa shape index (κ1) is 17.1. The average Bonchev–Trinajstić information content (AvgIpc) is 3.13. The molecule has 11 nitrogen and oxygen atoms in total. The molecule has 4 N–H and O–H groups in total. The molecule has 2 aromatic heterocycles. The zero-order valence-electron chi connectivity index (χ0n) is 13.3. The molecule has 11 heteroatoms. The second kappa shape index (κ2) is 6.91. The van der Waals surface area contributed by atoms with Gasteiger partial charge in [0.1, 0.15) is 16.3 Å². The molecule has 0 aliphatic heterocycles. The first-order valence-corrected chi connectivity index (χ1v) is 6.89. The number of nitrogen functional groups attached to an aromatic ring is 1. The van der Waals surface area contributed by atoms with Crippen LogP contribution in [-0.4, -0.2) is 46.2 Å². The number of hydrogen-bond donors (Lipinski definition) is 3. The number of aromatic amines is 1. The third-order valence-electron chi connectivity index (χ3n) is 3.37. The van der Waals surface area contributed by atoms with Crippen LogP contribution in [0.4, 0.5) is 11.7 Å². The SMILES string of the molecule is CC(c1n[nH]c(N)c1C(=O)NN=Cc1ccc([N+](=O)[O-])o1)N(C)C. The van der Waals surface area contributed by atoms with Gasteiger partial charge in [0.2, 0.25) is 0 Å². The van der Waals surface area contributed by atoms with Crippen molar-refractivity contribution >= 4 is 23.8 Å². The summed E-state index contributed by atoms with van der Waals surface area (Å²) < 4.78 is 4.89. The summed E-state index contributed by atoms with van der Waals surface area (Å²) in [4.78, 5) is 24.0. The maximum atomic E-state index is 12.3. The van der Waals surface area contributed by atoms with Crippen LogP contribution >= 0.6 is 0 Å². The number of carbonyl (C=O) groups is 1. The van der Waals surface area contributed by atoms with Crippen LogP contribution in [0, 0.1) is 10.1 Å². The van der Waals surface area contributed by atoms with Gasteiger partial charge >= 0.3 is 5.88 Å². The minimum absolute atomic E-state index is 0.125. The fourth-order valence-electron chi connectivity index (χ4n) is 1.88. The Bertz CT molecular complexity index is 777. The molecular weight excluding hydrogens is 318 g/mol. The van der Waals surface area contributed by atoms with Gasteiger partial charge in [0.25, 0.3) is 5.91 Å². The summed E-state index contributed by atoms with van der Waals surface area (Å²) in [6, 6.07) is 2.41. The van der Waals surface area contributed by atoms with Crippen LogP contribution in [-0.2, 0) is 0 Å². The number of rotatable bonds is 6. The van der Waals surface area contributed by atoms with E-state index in [1.54, 1.807) is 0 Å². The molecule has 0 bridgehead atoms. The lowest BCUT2D eigenvalue weighted by Crippen LogP contribution is -2.24. The number of anilines is 1. The maximum Gasteiger partial charge on any atom is 0.433 e. The number of hydrazone groups is 1. The van der Waals surface area contributed by atoms with Gasteiger partial charge in [-0.25, -0.2) is 5.43 Å². The van der Waals surface area contributed by atoms with E-state index >= 15 is 0 Å². The van der Waals surface area contributed by atoms with E-state index in [9.17, 15) is 14.9 Å². The number of nitrogens with zero attached hydrogens (tertiary/aromatic N) is 4. The van der Waals surface area contributed by atoms with E-state index in [-0.39, 0.29) is 23.2 Å². The molecule has 2 rings (SSSR count). The lowest BCUT2D eigenvalue weighted by Gasteiger charge is -2.18. The Kier molecular flexibility index (Phi) is 4.94. The predicted molar refractivity (Wildman–Crippen MR) is 85.5 cm³/mol. The fourth-order valence-corrected chi connectivity index (χ4v) is 1.88. The Morgan fingerprint density at radius 2 is 2.29 bits per heavy atom. The largest absolute Gasteiger partial charge is 0.433 e. The molecule has 0 saturated heterocycles. The number of nitro groups is 1. The summed E-state index contributed by atoms with van der Waals surface area (Å²) in [5.74, 6) is -0.713. The van der Waals surface area contributed by atoms with Crippen molar-refractivity contribution in [2.45, 2.75) is 13.0 Å². The van der Waals surface area contributed by atoms with Gasteiger partial charge in [0.15, 0.2) is 5.76 Å². The Balaban J connectivity index is 2.11. The van der Waals surface area contributed by atoms with Gasteiger partial charge in [-0.15, -0.1) is 0 Å². The van der Waals surface area contributed by atoms with Crippen LogP contribution in [0.5, 0.6) is 0 Å². The molecule has 128 valence electrons. The molecule has 2 heterocycles. The van der Waals surface area contributed by atoms with Crippen molar-refractivity contribution in [2.75, 3.05) is 19.8 Å². The van der Waals surface area contributed by atoms with E-state index in [4.69, 9.17) is 10.2 Å². The minimum Gasteiger partial charge on any atom is -0.400 e. The molecule has 0 fully saturated rings. The summed E-state index contributed by atoms with van der Waals surface area (Å²) in [6.45, 7) is 1.87. The van der Waals surface area contributed by atoms with E-state index in [1.807, 2.05) is 25.9 Å². The molecule has 0 aliphatic carbocycles. The molecular formula is C13H17N7O4. The molecule has 1 unspecified atom stereocenters. The first-order chi connectivity index (χ1) is 11.3. The van der Waals surface area contributed by atoms with Gasteiger partial charge in [-0.3, -0.25) is 20.0 Å². The van der Waals surface area contributed by atoms with Crippen LogP contribution in [0.2, 0.25) is 0 Å². The van der Waals surface area contributed by atoms with E-state index in [0.717, 1.165) is 6.21 Å². The van der Waals surface area contributed by atoms with Crippen LogP contribution in [0.15, 0.2) is 21.7 Å². The third-order valence-corrected chi connectivity index (χ3v) is 3.37. The normalized spacial score (nSPS) is 12.7. The van der Waals surface area contributed by atoms with Crippen molar-refractivity contribution in [1.82, 2.24) is 20.5 Å². The second-order valence-electron chi connectivity index (χ2n) is 5.17. The van der Waals surface area contributed by atoms with Crippen molar-refractivity contribution in [3.63, 3.8) is 0 Å². The van der Waals surface area contributed by atoms with Crippen LogP contribution in [0.1, 0.15) is 34.8 Å². The van der Waals surface area contributed by atoms with E-state index in [1.165, 1.54) is 12.1 Å². The number of furan rings is 1. The lowest BCUT2D eigenvalue weighted by atomic mass is 10.1. The first-order valence-electron chi connectivity index (χ1n) is 6.89. The second-order valence-corrected chi connectivity index (χ2v) is 5.17. The summed E-state index contributed by atoms with van der Waals surface area (Å²) in [5, 5.41) is 20.8. The summed E-state index contributed by atoms with van der Waals surface area (Å²) >= 11 is 0. The molecule has 2 aromatic rings. The zero-order valence-corrected chi connectivity index (χ0v) is 13.3. The number of amides is 1. The molecule has 1 atom stereocenters. The van der Waals surface area contributed by atoms with Crippen LogP contribution < -0.4 is 11.2 Å². The van der Waals surface area contributed by atoms with E-state index < -0.39 is 16.7 Å². The van der Waals surface area contributed by atoms with Crippen molar-refractivity contribution in [2.24, 2.45) is 5.10 Å². The van der Waals surface area contributed by atoms with Crippen molar-refractivity contribution in [3.8, 4) is 0 Å². The van der Waals surface area contributed by atoms with Gasteiger partial charge in [-0.05, 0) is 27.1 Å².